The fraction of sp³-hybridized carbons (Fsp3) is 1.00. The second kappa shape index (κ2) is 16.5. The van der Waals surface area contributed by atoms with E-state index in [1.54, 1.807) is 13.8 Å². The normalized spacial score (nSPS) is 13.8. The number of hydrogen-bond acceptors (Lipinski definition) is 7. The minimum Gasteiger partial charge on any atom is -0.330 e. The minimum absolute atomic E-state index is 0.221. The predicted molar refractivity (Wildman–Crippen MR) is 109 cm³/mol. The maximum Gasteiger partial charge on any atom is 0.397 e. The van der Waals surface area contributed by atoms with Crippen LogP contribution in [0.1, 0.15) is 85.0 Å². The third-order valence-electron chi connectivity index (χ3n) is 4.29. The van der Waals surface area contributed by atoms with Crippen LogP contribution in [0.4, 0.5) is 0 Å². The van der Waals surface area contributed by atoms with Crippen molar-refractivity contribution >= 4 is 10.4 Å². The molecule has 8 nitrogen and oxygen atoms in total. The van der Waals surface area contributed by atoms with Gasteiger partial charge in [-0.25, -0.2) is 4.18 Å². The largest absolute Gasteiger partial charge is 0.397 e. The standard InChI is InChI=1S/C19H41NO7S/c1-4-7-8-9-10-11-12-13-15-18(27-28(21,22)23)19(24-5-2,25-6-3)26-17-14-16-20/h18H,4-17,20H2,1-3H3,(H,21,22,23). The van der Waals surface area contributed by atoms with Crippen molar-refractivity contribution in [3.8, 4) is 0 Å². The van der Waals surface area contributed by atoms with Gasteiger partial charge < -0.3 is 19.9 Å². The molecule has 0 heterocycles. The molecule has 0 rings (SSSR count). The molecule has 0 fully saturated rings. The Labute approximate surface area is 171 Å². The minimum atomic E-state index is -4.70. The fourth-order valence-electron chi connectivity index (χ4n) is 3.00. The van der Waals surface area contributed by atoms with E-state index in [-0.39, 0.29) is 19.8 Å². The summed E-state index contributed by atoms with van der Waals surface area (Å²) in [4.78, 5) is 0. The Kier molecular flexibility index (Phi) is 16.3. The highest BCUT2D eigenvalue weighted by Crippen LogP contribution is 2.29. The first-order valence-electron chi connectivity index (χ1n) is 10.6. The molecule has 0 spiro atoms. The van der Waals surface area contributed by atoms with Crippen molar-refractivity contribution in [1.82, 2.24) is 0 Å². The Morgan fingerprint density at radius 3 is 1.86 bits per heavy atom. The van der Waals surface area contributed by atoms with Gasteiger partial charge in [-0.1, -0.05) is 58.3 Å². The van der Waals surface area contributed by atoms with E-state index in [9.17, 15) is 13.0 Å². The maximum absolute atomic E-state index is 11.4. The highest BCUT2D eigenvalue weighted by atomic mass is 32.3. The Hall–Kier alpha value is -0.290. The summed E-state index contributed by atoms with van der Waals surface area (Å²) in [5.74, 6) is -1.70. The molecule has 0 aliphatic carbocycles. The van der Waals surface area contributed by atoms with E-state index in [2.05, 4.69) is 6.92 Å². The number of nitrogens with two attached hydrogens (primary N) is 1. The lowest BCUT2D eigenvalue weighted by molar-refractivity contribution is -0.408. The lowest BCUT2D eigenvalue weighted by Gasteiger charge is -2.37. The highest BCUT2D eigenvalue weighted by Gasteiger charge is 2.45. The van der Waals surface area contributed by atoms with E-state index in [0.29, 0.717) is 25.8 Å². The Morgan fingerprint density at radius 1 is 0.857 bits per heavy atom. The van der Waals surface area contributed by atoms with Gasteiger partial charge in [0.2, 0.25) is 0 Å². The molecule has 0 aromatic carbocycles. The first-order valence-corrected chi connectivity index (χ1v) is 12.0. The van der Waals surface area contributed by atoms with Crippen molar-refractivity contribution in [1.29, 1.82) is 0 Å². The molecule has 0 aromatic rings. The Bertz CT molecular complexity index is 453. The van der Waals surface area contributed by atoms with Crippen molar-refractivity contribution in [2.45, 2.75) is 97.1 Å². The number of rotatable bonds is 20. The van der Waals surface area contributed by atoms with E-state index in [1.807, 2.05) is 0 Å². The average Bonchev–Trinajstić information content (AvgIpc) is 2.62. The van der Waals surface area contributed by atoms with Crippen molar-refractivity contribution in [3.63, 3.8) is 0 Å². The third-order valence-corrected chi connectivity index (χ3v) is 4.77. The molecule has 0 amide bonds. The van der Waals surface area contributed by atoms with Gasteiger partial charge in [-0.15, -0.1) is 0 Å². The van der Waals surface area contributed by atoms with E-state index >= 15 is 0 Å². The third kappa shape index (κ3) is 13.0. The van der Waals surface area contributed by atoms with Gasteiger partial charge in [-0.2, -0.15) is 8.42 Å². The monoisotopic (exact) mass is 427 g/mol. The Morgan fingerprint density at radius 2 is 1.39 bits per heavy atom. The summed E-state index contributed by atoms with van der Waals surface area (Å²) in [5, 5.41) is 0. The summed E-state index contributed by atoms with van der Waals surface area (Å²) < 4.78 is 54.1. The molecule has 0 aliphatic rings. The highest BCUT2D eigenvalue weighted by molar-refractivity contribution is 7.80. The van der Waals surface area contributed by atoms with Gasteiger partial charge in [0.15, 0.2) is 6.10 Å². The molecule has 0 radical (unpaired) electrons. The van der Waals surface area contributed by atoms with Gasteiger partial charge in [0.05, 0.1) is 6.61 Å². The van der Waals surface area contributed by atoms with Gasteiger partial charge in [0.1, 0.15) is 0 Å². The molecule has 170 valence electrons. The van der Waals surface area contributed by atoms with Gasteiger partial charge >= 0.3 is 16.4 Å². The second-order valence-electron chi connectivity index (χ2n) is 6.74. The zero-order chi connectivity index (χ0) is 21.3. The smallest absolute Gasteiger partial charge is 0.330 e. The molecule has 0 aliphatic heterocycles. The average molecular weight is 428 g/mol. The molecule has 1 unspecified atom stereocenters. The lowest BCUT2D eigenvalue weighted by atomic mass is 10.0. The summed E-state index contributed by atoms with van der Waals surface area (Å²) in [6.07, 6.45) is 8.54. The molecule has 1 atom stereocenters. The van der Waals surface area contributed by atoms with Crippen LogP contribution < -0.4 is 5.73 Å². The van der Waals surface area contributed by atoms with Gasteiger partial charge in [0, 0.05) is 13.2 Å². The summed E-state index contributed by atoms with van der Waals surface area (Å²) >= 11 is 0. The molecule has 9 heteroatoms. The molecule has 28 heavy (non-hydrogen) atoms. The van der Waals surface area contributed by atoms with Crippen LogP contribution in [0.15, 0.2) is 0 Å². The number of ether oxygens (including phenoxy) is 3. The predicted octanol–water partition coefficient (Wildman–Crippen LogP) is 3.80. The number of hydrogen-bond donors (Lipinski definition) is 2. The van der Waals surface area contributed by atoms with Crippen LogP contribution in [0.25, 0.3) is 0 Å². The summed E-state index contributed by atoms with van der Waals surface area (Å²) in [6, 6.07) is 0. The first-order chi connectivity index (χ1) is 13.3. The molecule has 0 bridgehead atoms. The zero-order valence-electron chi connectivity index (χ0n) is 17.9. The van der Waals surface area contributed by atoms with Crippen molar-refractivity contribution in [3.05, 3.63) is 0 Å². The van der Waals surface area contributed by atoms with Crippen LogP contribution in [-0.4, -0.2) is 51.4 Å². The van der Waals surface area contributed by atoms with Gasteiger partial charge in [0.25, 0.3) is 0 Å². The van der Waals surface area contributed by atoms with Crippen LogP contribution in [0, 0.1) is 0 Å². The topological polar surface area (TPSA) is 117 Å². The molecular weight excluding hydrogens is 386 g/mol. The fourth-order valence-corrected chi connectivity index (χ4v) is 3.51. The van der Waals surface area contributed by atoms with Gasteiger partial charge in [-0.3, -0.25) is 4.55 Å². The zero-order valence-corrected chi connectivity index (χ0v) is 18.7. The molecular formula is C19H41NO7S. The summed E-state index contributed by atoms with van der Waals surface area (Å²) in [7, 11) is -4.70. The van der Waals surface area contributed by atoms with Crippen LogP contribution in [0.5, 0.6) is 0 Å². The van der Waals surface area contributed by atoms with E-state index in [0.717, 1.165) is 19.3 Å². The van der Waals surface area contributed by atoms with Crippen molar-refractivity contribution < 1.29 is 31.4 Å². The van der Waals surface area contributed by atoms with E-state index in [1.165, 1.54) is 25.7 Å². The molecule has 0 saturated carbocycles. The van der Waals surface area contributed by atoms with Gasteiger partial charge in [-0.05, 0) is 33.2 Å². The van der Waals surface area contributed by atoms with Crippen LogP contribution >= 0.6 is 0 Å². The second-order valence-corrected chi connectivity index (χ2v) is 7.78. The van der Waals surface area contributed by atoms with Crippen LogP contribution in [0.3, 0.4) is 0 Å². The lowest BCUT2D eigenvalue weighted by Crippen LogP contribution is -2.52. The van der Waals surface area contributed by atoms with E-state index < -0.39 is 22.5 Å². The van der Waals surface area contributed by atoms with Crippen LogP contribution in [-0.2, 0) is 28.8 Å². The maximum atomic E-state index is 11.4. The summed E-state index contributed by atoms with van der Waals surface area (Å²) in [5.41, 5.74) is 5.51. The quantitative estimate of drug-likeness (QED) is 0.171. The molecule has 0 aromatic heterocycles. The first kappa shape index (κ1) is 27.7. The molecule has 0 saturated heterocycles. The van der Waals surface area contributed by atoms with E-state index in [4.69, 9.17) is 24.1 Å². The Balaban J connectivity index is 4.95. The van der Waals surface area contributed by atoms with Crippen molar-refractivity contribution in [2.75, 3.05) is 26.4 Å². The van der Waals surface area contributed by atoms with Crippen LogP contribution in [0.2, 0.25) is 0 Å². The number of unbranched alkanes of at least 4 members (excludes halogenated alkanes) is 7. The molecule has 3 N–H and O–H groups in total. The van der Waals surface area contributed by atoms with Crippen molar-refractivity contribution in [2.24, 2.45) is 5.73 Å². The summed E-state index contributed by atoms with van der Waals surface area (Å²) in [6.45, 7) is 6.78. The SMILES string of the molecule is CCCCCCCCCCC(OS(=O)(=O)O)C(OCC)(OCC)OCCCN.